The minimum Gasteiger partial charge on any atom is -0.511 e. The fourth-order valence-electron chi connectivity index (χ4n) is 0.753. The number of alkyl halides is 3. The molecular weight excluding hydrogens is 236 g/mol. The van der Waals surface area contributed by atoms with E-state index < -0.39 is 17.5 Å². The molecule has 5 heteroatoms. The smallest absolute Gasteiger partial charge is 0.419 e. The van der Waals surface area contributed by atoms with E-state index in [-0.39, 0.29) is 32.6 Å². The van der Waals surface area contributed by atoms with Crippen LogP contribution in [0.25, 0.3) is 0 Å². The third-order valence-electron chi connectivity index (χ3n) is 1.21. The molecule has 1 N–H and O–H groups in total. The molecule has 0 saturated heterocycles. The second-order valence-electron chi connectivity index (χ2n) is 1.96. The summed E-state index contributed by atoms with van der Waals surface area (Å²) in [6.45, 7) is 0. The minimum atomic E-state index is -4.41. The van der Waals surface area contributed by atoms with Crippen LogP contribution < -0.4 is 0 Å². The fourth-order valence-corrected chi connectivity index (χ4v) is 0.753. The summed E-state index contributed by atoms with van der Waals surface area (Å²) in [4.78, 5) is 0. The zero-order chi connectivity index (χ0) is 7.78. The van der Waals surface area contributed by atoms with Crippen LogP contribution in [0.3, 0.4) is 0 Å². The van der Waals surface area contributed by atoms with Crippen LogP contribution in [0.2, 0.25) is 0 Å². The first-order chi connectivity index (χ1) is 4.52. The van der Waals surface area contributed by atoms with Crippen LogP contribution in [-0.4, -0.2) is 11.3 Å². The number of aliphatic hydroxyl groups excluding tert-OH is 1. The summed E-state index contributed by atoms with van der Waals surface area (Å²) in [7, 11) is 0. The summed E-state index contributed by atoms with van der Waals surface area (Å²) in [6, 6.07) is 0. The van der Waals surface area contributed by atoms with Crippen LogP contribution in [0.4, 0.5) is 13.2 Å². The summed E-state index contributed by atoms with van der Waals surface area (Å²) >= 11 is 0. The van der Waals surface area contributed by atoms with E-state index in [1.165, 1.54) is 6.08 Å². The van der Waals surface area contributed by atoms with Gasteiger partial charge in [-0.1, -0.05) is 12.2 Å². The predicted molar refractivity (Wildman–Crippen MR) is 29.5 cm³/mol. The first-order valence-corrected chi connectivity index (χ1v) is 2.67. The van der Waals surface area contributed by atoms with Crippen molar-refractivity contribution in [2.75, 3.05) is 0 Å². The number of rotatable bonds is 0. The Morgan fingerprint density at radius 1 is 1.36 bits per heavy atom. The standard InChI is InChI=1S/C6H5F3O.Zr/c7-6(8,9)4-2-1-3-5(4)10;/h1-2,10H,3H2;. The van der Waals surface area contributed by atoms with Crippen molar-refractivity contribution in [2.45, 2.75) is 12.6 Å². The van der Waals surface area contributed by atoms with E-state index in [1.54, 1.807) is 0 Å². The van der Waals surface area contributed by atoms with Gasteiger partial charge in [-0.25, -0.2) is 0 Å². The summed E-state index contributed by atoms with van der Waals surface area (Å²) < 4.78 is 35.2. The summed E-state index contributed by atoms with van der Waals surface area (Å²) in [6.07, 6.45) is -2.25. The molecule has 11 heavy (non-hydrogen) atoms. The van der Waals surface area contributed by atoms with E-state index in [1.807, 2.05) is 0 Å². The molecule has 1 nitrogen and oxygen atoms in total. The van der Waals surface area contributed by atoms with Gasteiger partial charge in [0, 0.05) is 32.6 Å². The van der Waals surface area contributed by atoms with Crippen molar-refractivity contribution in [1.82, 2.24) is 0 Å². The second-order valence-corrected chi connectivity index (χ2v) is 1.96. The number of hydrogen-bond acceptors (Lipinski definition) is 1. The molecule has 0 saturated carbocycles. The normalized spacial score (nSPS) is 17.0. The minimum absolute atomic E-state index is 0. The molecule has 0 aromatic rings. The molecule has 0 bridgehead atoms. The van der Waals surface area contributed by atoms with Gasteiger partial charge in [0.15, 0.2) is 0 Å². The molecule has 0 atom stereocenters. The van der Waals surface area contributed by atoms with Crippen molar-refractivity contribution in [3.8, 4) is 0 Å². The third-order valence-corrected chi connectivity index (χ3v) is 1.21. The van der Waals surface area contributed by atoms with Gasteiger partial charge >= 0.3 is 6.18 Å². The molecule has 0 aromatic heterocycles. The fraction of sp³-hybridized carbons (Fsp3) is 0.333. The van der Waals surface area contributed by atoms with Gasteiger partial charge in [-0.2, -0.15) is 13.2 Å². The monoisotopic (exact) mass is 240 g/mol. The van der Waals surface area contributed by atoms with Gasteiger partial charge in [0.2, 0.25) is 0 Å². The first kappa shape index (κ1) is 11.0. The molecule has 0 amide bonds. The Hall–Kier alpha value is -0.0469. The third kappa shape index (κ3) is 2.47. The van der Waals surface area contributed by atoms with Crippen LogP contribution in [0.15, 0.2) is 23.5 Å². The van der Waals surface area contributed by atoms with E-state index >= 15 is 0 Å². The Labute approximate surface area is 80.7 Å². The van der Waals surface area contributed by atoms with Crippen LogP contribution in [-0.2, 0) is 26.2 Å². The molecule has 0 radical (unpaired) electrons. The summed E-state index contributed by atoms with van der Waals surface area (Å²) in [5.74, 6) is -0.590. The van der Waals surface area contributed by atoms with Crippen LogP contribution >= 0.6 is 0 Å². The first-order valence-electron chi connectivity index (χ1n) is 2.67. The second kappa shape index (κ2) is 3.57. The van der Waals surface area contributed by atoms with Gasteiger partial charge in [0.25, 0.3) is 0 Å². The van der Waals surface area contributed by atoms with Crippen molar-refractivity contribution in [3.63, 3.8) is 0 Å². The van der Waals surface area contributed by atoms with E-state index in [2.05, 4.69) is 0 Å². The van der Waals surface area contributed by atoms with E-state index in [0.717, 1.165) is 6.08 Å². The molecule has 0 heterocycles. The van der Waals surface area contributed by atoms with Gasteiger partial charge in [-0.3, -0.25) is 0 Å². The van der Waals surface area contributed by atoms with E-state index in [9.17, 15) is 13.2 Å². The number of halogens is 3. The molecule has 60 valence electrons. The van der Waals surface area contributed by atoms with Crippen molar-refractivity contribution >= 4 is 0 Å². The molecule has 0 unspecified atom stereocenters. The maximum atomic E-state index is 11.7. The van der Waals surface area contributed by atoms with E-state index in [4.69, 9.17) is 5.11 Å². The maximum Gasteiger partial charge on any atom is 0.419 e. The molecule has 0 aliphatic heterocycles. The zero-order valence-corrected chi connectivity index (χ0v) is 7.90. The topological polar surface area (TPSA) is 20.2 Å². The van der Waals surface area contributed by atoms with Crippen LogP contribution in [0, 0.1) is 0 Å². The average Bonchev–Trinajstić information content (AvgIpc) is 2.11. The summed E-state index contributed by atoms with van der Waals surface area (Å²) in [5.41, 5.74) is -0.924. The van der Waals surface area contributed by atoms with Crippen LogP contribution in [0.5, 0.6) is 0 Å². The molecule has 1 aliphatic rings. The predicted octanol–water partition coefficient (Wildman–Crippen LogP) is 2.32. The van der Waals surface area contributed by atoms with Crippen molar-refractivity contribution < 1.29 is 44.5 Å². The Morgan fingerprint density at radius 2 is 1.91 bits per heavy atom. The van der Waals surface area contributed by atoms with Gasteiger partial charge in [-0.15, -0.1) is 0 Å². The van der Waals surface area contributed by atoms with Crippen molar-refractivity contribution in [1.29, 1.82) is 0 Å². The Kier molecular flexibility index (Phi) is 3.55. The van der Waals surface area contributed by atoms with Crippen molar-refractivity contribution in [3.05, 3.63) is 23.5 Å². The maximum absolute atomic E-state index is 11.7. The Morgan fingerprint density at radius 3 is 2.09 bits per heavy atom. The quantitative estimate of drug-likeness (QED) is 0.690. The number of hydrogen-bond donors (Lipinski definition) is 1. The van der Waals surface area contributed by atoms with Gasteiger partial charge in [-0.05, 0) is 0 Å². The van der Waals surface area contributed by atoms with Gasteiger partial charge in [0.05, 0.1) is 5.57 Å². The molecule has 0 spiro atoms. The van der Waals surface area contributed by atoms with Crippen LogP contribution in [0.1, 0.15) is 6.42 Å². The number of aliphatic hydroxyl groups is 1. The Balaban J connectivity index is 0.000001000. The van der Waals surface area contributed by atoms with Gasteiger partial charge in [0.1, 0.15) is 5.76 Å². The molecular formula is C6H5F3OZr. The van der Waals surface area contributed by atoms with Gasteiger partial charge < -0.3 is 5.11 Å². The average molecular weight is 241 g/mol. The Bertz CT molecular complexity index is 204. The molecule has 0 fully saturated rings. The molecule has 1 rings (SSSR count). The largest absolute Gasteiger partial charge is 0.511 e. The molecule has 0 aromatic carbocycles. The van der Waals surface area contributed by atoms with E-state index in [0.29, 0.717) is 0 Å². The number of allylic oxidation sites excluding steroid dienone is 3. The zero-order valence-electron chi connectivity index (χ0n) is 5.44. The van der Waals surface area contributed by atoms with Crippen molar-refractivity contribution in [2.24, 2.45) is 0 Å². The SMILES string of the molecule is OC1=C(C(F)(F)F)C=CC1.[Zr]. The molecule has 1 aliphatic carbocycles. The summed E-state index contributed by atoms with van der Waals surface area (Å²) in [5, 5.41) is 8.62.